The first kappa shape index (κ1) is 22.4. The normalized spacial score (nSPS) is 2.40. The molecule has 0 bridgehead atoms. The molecule has 0 amide bonds. The first-order valence-electron chi connectivity index (χ1n) is 1.41. The van der Waals surface area contributed by atoms with Crippen LogP contribution in [0.3, 0.4) is 0 Å². The summed E-state index contributed by atoms with van der Waals surface area (Å²) in [6.45, 7) is 0. The molecule has 0 aromatic heterocycles. The molecule has 0 aliphatic rings. The van der Waals surface area contributed by atoms with E-state index in [1.54, 1.807) is 0 Å². The summed E-state index contributed by atoms with van der Waals surface area (Å²) in [6, 6.07) is 0. The van der Waals surface area contributed by atoms with Crippen molar-refractivity contribution in [1.29, 1.82) is 0 Å². The fraction of sp³-hybridized carbons (Fsp3) is 0. The fourth-order valence-corrected chi connectivity index (χ4v) is 0. The van der Waals surface area contributed by atoms with Gasteiger partial charge in [-0.15, -0.1) is 0 Å². The van der Waals surface area contributed by atoms with E-state index in [9.17, 15) is 0 Å². The van der Waals surface area contributed by atoms with Gasteiger partial charge in [-0.1, -0.05) is 0 Å². The summed E-state index contributed by atoms with van der Waals surface area (Å²) in [5.41, 5.74) is 0. The molecule has 0 fully saturated rings. The molecular formula is B3O6Pm-3. The molecule has 1 radical (unpaired) electrons. The summed E-state index contributed by atoms with van der Waals surface area (Å²) in [7, 11) is -1.50. The van der Waals surface area contributed by atoms with E-state index in [-0.39, 0.29) is 40.4 Å². The Labute approximate surface area is 91.0 Å². The van der Waals surface area contributed by atoms with E-state index in [4.69, 9.17) is 29.2 Å². The summed E-state index contributed by atoms with van der Waals surface area (Å²) in [6.07, 6.45) is 0. The van der Waals surface area contributed by atoms with Gasteiger partial charge in [0.1, 0.15) is 0 Å². The molecule has 0 aromatic rings. The summed E-state index contributed by atoms with van der Waals surface area (Å²) >= 11 is 0. The Morgan fingerprint density at radius 3 is 0.700 bits per heavy atom. The van der Waals surface area contributed by atoms with Gasteiger partial charge in [0.15, 0.2) is 0 Å². The van der Waals surface area contributed by atoms with Crippen molar-refractivity contribution in [3.8, 4) is 0 Å². The number of hydrogen-bond donors (Lipinski definition) is 0. The van der Waals surface area contributed by atoms with Crippen molar-refractivity contribution < 1.29 is 69.6 Å². The van der Waals surface area contributed by atoms with E-state index in [2.05, 4.69) is 0 Å². The third-order valence-corrected chi connectivity index (χ3v) is 0. The Balaban J connectivity index is -0.0000000257. The van der Waals surface area contributed by atoms with E-state index in [1.807, 2.05) is 0 Å². The SMILES string of the molecule is O=B[O-].O=B[O-].O=B[O-].[Pm]. The predicted molar refractivity (Wildman–Crippen MR) is 19.3 cm³/mol. The Morgan fingerprint density at radius 1 is 0.700 bits per heavy atom. The Kier molecular flexibility index (Phi) is 131. The van der Waals surface area contributed by atoms with Crippen molar-refractivity contribution in [1.82, 2.24) is 0 Å². The van der Waals surface area contributed by atoms with E-state index < -0.39 is 22.1 Å². The quantitative estimate of drug-likeness (QED) is 0.407. The van der Waals surface area contributed by atoms with Gasteiger partial charge in [0.25, 0.3) is 0 Å². The van der Waals surface area contributed by atoms with Crippen LogP contribution in [0.1, 0.15) is 0 Å². The van der Waals surface area contributed by atoms with Gasteiger partial charge in [0.05, 0.1) is 0 Å². The van der Waals surface area contributed by atoms with Crippen molar-refractivity contribution in [2.24, 2.45) is 0 Å². The van der Waals surface area contributed by atoms with E-state index in [0.717, 1.165) is 0 Å². The van der Waals surface area contributed by atoms with Crippen LogP contribution in [-0.2, 0) is 14.1 Å². The molecule has 0 aromatic carbocycles. The molecule has 0 saturated heterocycles. The van der Waals surface area contributed by atoms with Crippen LogP contribution >= 0.6 is 0 Å². The maximum Gasteiger partial charge on any atom is 0 e. The summed E-state index contributed by atoms with van der Waals surface area (Å²) < 4.78 is 24.8. The smallest absolute Gasteiger partial charge is 0 e. The third-order valence-electron chi connectivity index (χ3n) is 0. The van der Waals surface area contributed by atoms with Gasteiger partial charge < -0.3 is 0 Å². The molecule has 0 unspecified atom stereocenters. The van der Waals surface area contributed by atoms with Crippen molar-refractivity contribution in [2.45, 2.75) is 0 Å². The first-order chi connectivity index (χ1) is 4.24. The molecule has 0 atom stereocenters. The van der Waals surface area contributed by atoms with Gasteiger partial charge >= 0.3 is 51.2 Å². The topological polar surface area (TPSA) is 120 Å². The van der Waals surface area contributed by atoms with Crippen LogP contribution in [0, 0.1) is 40.4 Å². The van der Waals surface area contributed by atoms with Gasteiger partial charge in [-0.05, 0) is 0 Å². The van der Waals surface area contributed by atoms with Crippen LogP contribution < -0.4 is 15.1 Å². The molecule has 10 heavy (non-hydrogen) atoms. The average Bonchev–Trinajstić information content (AvgIpc) is 1.70. The second-order valence-electron chi connectivity index (χ2n) is 0.289. The molecule has 0 N–H and O–H groups in total. The van der Waals surface area contributed by atoms with Crippen molar-refractivity contribution in [2.75, 3.05) is 0 Å². The van der Waals surface area contributed by atoms with Gasteiger partial charge in [0, 0.05) is 40.4 Å². The molecule has 53 valence electrons. The van der Waals surface area contributed by atoms with Crippen molar-refractivity contribution in [3.63, 3.8) is 0 Å². The Morgan fingerprint density at radius 2 is 0.700 bits per heavy atom. The van der Waals surface area contributed by atoms with E-state index in [0.29, 0.717) is 0 Å². The molecule has 10 heteroatoms. The second-order valence-corrected chi connectivity index (χ2v) is 0.289. The molecular weight excluding hydrogens is 273 g/mol. The third kappa shape index (κ3) is 4050. The van der Waals surface area contributed by atoms with Crippen LogP contribution in [0.25, 0.3) is 0 Å². The van der Waals surface area contributed by atoms with Gasteiger partial charge in [-0.3, -0.25) is 0 Å². The maximum absolute atomic E-state index is 8.25. The minimum Gasteiger partial charge on any atom is 0 e. The van der Waals surface area contributed by atoms with E-state index >= 15 is 0 Å². The molecule has 0 spiro atoms. The van der Waals surface area contributed by atoms with Crippen molar-refractivity contribution >= 4 is 22.1 Å². The molecule has 6 nitrogen and oxygen atoms in total. The zero-order valence-corrected chi connectivity index (χ0v) is 7.50. The van der Waals surface area contributed by atoms with Crippen LogP contribution in [0.5, 0.6) is 0 Å². The summed E-state index contributed by atoms with van der Waals surface area (Å²) in [5.74, 6) is 0. The molecule has 0 rings (SSSR count). The summed E-state index contributed by atoms with van der Waals surface area (Å²) in [5, 5.41) is 24.8. The average molecular weight is 273 g/mol. The van der Waals surface area contributed by atoms with Crippen molar-refractivity contribution in [3.05, 3.63) is 0 Å². The first-order valence-corrected chi connectivity index (χ1v) is 1.41. The molecule has 0 saturated carbocycles. The fourth-order valence-electron chi connectivity index (χ4n) is 0. The standard InChI is InChI=1S/3BO2.Pm/c3*2-1-3;/q3*-1;. The zero-order valence-electron chi connectivity index (χ0n) is 4.63. The predicted octanol–water partition coefficient (Wildman–Crippen LogP) is -5.07. The van der Waals surface area contributed by atoms with Gasteiger partial charge in [-0.2, -0.15) is 0 Å². The second kappa shape index (κ2) is 58.3. The van der Waals surface area contributed by atoms with Crippen LogP contribution in [0.4, 0.5) is 0 Å². The number of rotatable bonds is 0. The Bertz CT molecular complexity index is 49.7. The van der Waals surface area contributed by atoms with Crippen LogP contribution in [-0.4, -0.2) is 22.1 Å². The Hall–Kier alpha value is 0.332. The van der Waals surface area contributed by atoms with Gasteiger partial charge in [0.2, 0.25) is 0 Å². The maximum atomic E-state index is 8.25. The minimum absolute atomic E-state index is 0. The summed E-state index contributed by atoms with van der Waals surface area (Å²) in [4.78, 5) is 0. The molecule has 0 aliphatic carbocycles. The number of hydrogen-bond acceptors (Lipinski definition) is 6. The zero-order chi connectivity index (χ0) is 8.12. The minimum atomic E-state index is -0.500. The largest absolute Gasteiger partial charge is 0 e. The molecule has 0 heterocycles. The van der Waals surface area contributed by atoms with Gasteiger partial charge in [-0.25, -0.2) is 0 Å². The molecule has 0 aliphatic heterocycles. The van der Waals surface area contributed by atoms with Crippen LogP contribution in [0.2, 0.25) is 0 Å². The monoisotopic (exact) mass is 274 g/mol. The van der Waals surface area contributed by atoms with Crippen LogP contribution in [0.15, 0.2) is 0 Å². The van der Waals surface area contributed by atoms with E-state index in [1.165, 1.54) is 0 Å².